The largest absolute Gasteiger partial charge is 0.496 e. The van der Waals surface area contributed by atoms with Gasteiger partial charge in [0.05, 0.1) is 12.5 Å². The van der Waals surface area contributed by atoms with Crippen molar-refractivity contribution in [3.8, 4) is 5.75 Å². The molecule has 1 fully saturated rings. The zero-order valence-electron chi connectivity index (χ0n) is 17.5. The van der Waals surface area contributed by atoms with E-state index in [-0.39, 0.29) is 0 Å². The number of aromatic nitrogens is 2. The Bertz CT molecular complexity index is 1060. The van der Waals surface area contributed by atoms with Crippen molar-refractivity contribution in [3.05, 3.63) is 45.6 Å². The Labute approximate surface area is 186 Å². The van der Waals surface area contributed by atoms with Gasteiger partial charge >= 0.3 is 0 Å². The molecule has 0 spiro atoms. The van der Waals surface area contributed by atoms with Gasteiger partial charge < -0.3 is 9.64 Å². The monoisotopic (exact) mass is 442 g/mol. The fourth-order valence-electron chi connectivity index (χ4n) is 4.73. The Morgan fingerprint density at radius 1 is 1.20 bits per heavy atom. The van der Waals surface area contributed by atoms with Gasteiger partial charge in [-0.1, -0.05) is 18.5 Å². The molecule has 3 heterocycles. The first-order chi connectivity index (χ1) is 14.6. The summed E-state index contributed by atoms with van der Waals surface area (Å²) < 4.78 is 5.52. The number of fused-ring (bicyclic) bond motifs is 3. The zero-order chi connectivity index (χ0) is 20.7. The highest BCUT2D eigenvalue weighted by Crippen LogP contribution is 2.40. The van der Waals surface area contributed by atoms with Gasteiger partial charge in [0.25, 0.3) is 0 Å². The molecule has 3 aromatic rings. The minimum atomic E-state index is 0.743. The van der Waals surface area contributed by atoms with Crippen molar-refractivity contribution in [2.75, 3.05) is 38.2 Å². The summed E-state index contributed by atoms with van der Waals surface area (Å²) in [6.45, 7) is 7.12. The highest BCUT2D eigenvalue weighted by molar-refractivity contribution is 7.19. The number of aryl methyl sites for hydroxylation is 1. The molecule has 1 aliphatic carbocycles. The quantitative estimate of drug-likeness (QED) is 0.580. The van der Waals surface area contributed by atoms with E-state index in [1.165, 1.54) is 28.7 Å². The van der Waals surface area contributed by atoms with Gasteiger partial charge in [-0.15, -0.1) is 11.3 Å². The third-order valence-corrected chi connectivity index (χ3v) is 7.81. The van der Waals surface area contributed by atoms with E-state index in [1.54, 1.807) is 13.4 Å². The zero-order valence-corrected chi connectivity index (χ0v) is 19.1. The molecule has 1 atom stereocenters. The molecular formula is C23H27ClN4OS. The Morgan fingerprint density at radius 2 is 2.03 bits per heavy atom. The predicted octanol–water partition coefficient (Wildman–Crippen LogP) is 4.80. The molecule has 5 rings (SSSR count). The molecule has 1 unspecified atom stereocenters. The number of hydrogen-bond acceptors (Lipinski definition) is 6. The first-order valence-corrected chi connectivity index (χ1v) is 11.9. The van der Waals surface area contributed by atoms with Crippen LogP contribution in [0.5, 0.6) is 5.75 Å². The maximum atomic E-state index is 6.21. The molecule has 1 aliphatic heterocycles. The van der Waals surface area contributed by atoms with Gasteiger partial charge in [-0.05, 0) is 48.9 Å². The maximum absolute atomic E-state index is 6.21. The SMILES string of the molecule is COc1ccc(Cl)cc1CN1CCN(c2ncnc3sc4c(c23)CC(C)CC4)CC1. The number of halogens is 1. The van der Waals surface area contributed by atoms with Crippen molar-refractivity contribution < 1.29 is 4.74 Å². The summed E-state index contributed by atoms with van der Waals surface area (Å²) >= 11 is 8.09. The predicted molar refractivity (Wildman–Crippen MR) is 124 cm³/mol. The molecule has 30 heavy (non-hydrogen) atoms. The second-order valence-corrected chi connectivity index (χ2v) is 9.97. The Morgan fingerprint density at radius 3 is 2.83 bits per heavy atom. The molecular weight excluding hydrogens is 416 g/mol. The molecule has 0 N–H and O–H groups in total. The number of rotatable bonds is 4. The van der Waals surface area contributed by atoms with Crippen LogP contribution in [0.3, 0.4) is 0 Å². The van der Waals surface area contributed by atoms with Crippen LogP contribution in [0.15, 0.2) is 24.5 Å². The lowest BCUT2D eigenvalue weighted by Gasteiger charge is -2.36. The van der Waals surface area contributed by atoms with E-state index in [0.717, 1.165) is 72.0 Å². The van der Waals surface area contributed by atoms with Crippen LogP contribution in [0.4, 0.5) is 5.82 Å². The first kappa shape index (κ1) is 20.0. The van der Waals surface area contributed by atoms with Gasteiger partial charge in [0.15, 0.2) is 0 Å². The van der Waals surface area contributed by atoms with E-state index in [9.17, 15) is 0 Å². The summed E-state index contributed by atoms with van der Waals surface area (Å²) in [5.74, 6) is 2.78. The van der Waals surface area contributed by atoms with Gasteiger partial charge in [0.1, 0.15) is 22.7 Å². The molecule has 0 bridgehead atoms. The number of methoxy groups -OCH3 is 1. The van der Waals surface area contributed by atoms with Crippen LogP contribution < -0.4 is 9.64 Å². The standard InChI is InChI=1S/C23H27ClN4OS/c1-15-3-6-20-18(11-15)21-22(25-14-26-23(21)30-20)28-9-7-27(8-10-28)13-16-12-17(24)4-5-19(16)29-2/h4-5,12,14-15H,3,6-11,13H2,1-2H3. The van der Waals surface area contributed by atoms with Gasteiger partial charge in [0.2, 0.25) is 0 Å². The van der Waals surface area contributed by atoms with Crippen LogP contribution in [0.2, 0.25) is 5.02 Å². The smallest absolute Gasteiger partial charge is 0.141 e. The number of benzene rings is 1. The molecule has 1 saturated heterocycles. The van der Waals surface area contributed by atoms with Crippen molar-refractivity contribution in [2.45, 2.75) is 32.7 Å². The number of hydrogen-bond donors (Lipinski definition) is 0. The molecule has 2 aromatic heterocycles. The Balaban J connectivity index is 1.35. The second-order valence-electron chi connectivity index (χ2n) is 8.45. The fourth-order valence-corrected chi connectivity index (χ4v) is 6.11. The Hall–Kier alpha value is -1.89. The number of anilines is 1. The van der Waals surface area contributed by atoms with E-state index in [4.69, 9.17) is 21.3 Å². The number of piperazine rings is 1. The Kier molecular flexibility index (Phi) is 5.56. The average Bonchev–Trinajstić information content (AvgIpc) is 3.12. The minimum Gasteiger partial charge on any atom is -0.496 e. The van der Waals surface area contributed by atoms with Crippen LogP contribution in [0, 0.1) is 5.92 Å². The van der Waals surface area contributed by atoms with Crippen LogP contribution in [0.1, 0.15) is 29.3 Å². The lowest BCUT2D eigenvalue weighted by atomic mass is 9.88. The first-order valence-electron chi connectivity index (χ1n) is 10.7. The third kappa shape index (κ3) is 3.77. The van der Waals surface area contributed by atoms with Crippen LogP contribution in [-0.2, 0) is 19.4 Å². The van der Waals surface area contributed by atoms with Crippen LogP contribution in [0.25, 0.3) is 10.2 Å². The van der Waals surface area contributed by atoms with E-state index in [0.29, 0.717) is 0 Å². The van der Waals surface area contributed by atoms with E-state index < -0.39 is 0 Å². The summed E-state index contributed by atoms with van der Waals surface area (Å²) in [6, 6.07) is 5.84. The third-order valence-electron chi connectivity index (χ3n) is 6.38. The average molecular weight is 443 g/mol. The molecule has 5 nitrogen and oxygen atoms in total. The normalized spacial score (nSPS) is 19.8. The fraction of sp³-hybridized carbons (Fsp3) is 0.478. The second kappa shape index (κ2) is 8.33. The van der Waals surface area contributed by atoms with Gasteiger partial charge in [-0.25, -0.2) is 9.97 Å². The van der Waals surface area contributed by atoms with E-state index >= 15 is 0 Å². The molecule has 2 aliphatic rings. The van der Waals surface area contributed by atoms with Crippen molar-refractivity contribution in [3.63, 3.8) is 0 Å². The van der Waals surface area contributed by atoms with Crippen molar-refractivity contribution in [1.82, 2.24) is 14.9 Å². The number of nitrogens with zero attached hydrogens (tertiary/aromatic N) is 4. The van der Waals surface area contributed by atoms with Crippen LogP contribution in [-0.4, -0.2) is 48.2 Å². The van der Waals surface area contributed by atoms with Crippen molar-refractivity contribution in [1.29, 1.82) is 0 Å². The molecule has 0 amide bonds. The molecule has 158 valence electrons. The lowest BCUT2D eigenvalue weighted by Crippen LogP contribution is -2.46. The molecule has 0 saturated carbocycles. The van der Waals surface area contributed by atoms with Gasteiger partial charge in [-0.3, -0.25) is 4.90 Å². The molecule has 7 heteroatoms. The summed E-state index contributed by atoms with van der Waals surface area (Å²) in [6.07, 6.45) is 5.37. The highest BCUT2D eigenvalue weighted by atomic mass is 35.5. The van der Waals surface area contributed by atoms with Gasteiger partial charge in [0, 0.05) is 48.2 Å². The highest BCUT2D eigenvalue weighted by Gasteiger charge is 2.27. The van der Waals surface area contributed by atoms with E-state index in [1.807, 2.05) is 29.5 Å². The number of ether oxygens (including phenoxy) is 1. The van der Waals surface area contributed by atoms with Crippen molar-refractivity contribution in [2.24, 2.45) is 5.92 Å². The lowest BCUT2D eigenvalue weighted by molar-refractivity contribution is 0.246. The maximum Gasteiger partial charge on any atom is 0.141 e. The summed E-state index contributed by atoms with van der Waals surface area (Å²) in [7, 11) is 1.72. The van der Waals surface area contributed by atoms with Crippen molar-refractivity contribution >= 4 is 39.0 Å². The summed E-state index contributed by atoms with van der Waals surface area (Å²) in [5, 5.41) is 2.07. The topological polar surface area (TPSA) is 41.5 Å². The number of thiophene rings is 1. The van der Waals surface area contributed by atoms with E-state index in [2.05, 4.69) is 21.7 Å². The molecule has 1 aromatic carbocycles. The molecule has 0 radical (unpaired) electrons. The minimum absolute atomic E-state index is 0.743. The summed E-state index contributed by atoms with van der Waals surface area (Å²) in [5.41, 5.74) is 2.65. The summed E-state index contributed by atoms with van der Waals surface area (Å²) in [4.78, 5) is 17.0. The van der Waals surface area contributed by atoms with Gasteiger partial charge in [-0.2, -0.15) is 0 Å². The van der Waals surface area contributed by atoms with Crippen LogP contribution >= 0.6 is 22.9 Å².